The molecule has 0 fully saturated rings. The summed E-state index contributed by atoms with van der Waals surface area (Å²) in [6, 6.07) is 4.21. The summed E-state index contributed by atoms with van der Waals surface area (Å²) in [5.41, 5.74) is 1.28. The molecule has 2 aromatic rings. The number of aryl methyl sites for hydroxylation is 1. The van der Waals surface area contributed by atoms with Crippen LogP contribution in [0.4, 0.5) is 14.5 Å². The number of carboxylic acid groups (broad SMARTS) is 1. The molecular weight excluding hydrogens is 348 g/mol. The molecule has 0 saturated heterocycles. The highest BCUT2D eigenvalue weighted by Gasteiger charge is 2.17. The number of rotatable bonds is 7. The predicted molar refractivity (Wildman–Crippen MR) is 92.1 cm³/mol. The third-order valence-corrected chi connectivity index (χ3v) is 4.77. The van der Waals surface area contributed by atoms with E-state index in [2.05, 4.69) is 11.0 Å². The maximum atomic E-state index is 14.1. The summed E-state index contributed by atoms with van der Waals surface area (Å²) in [5, 5.41) is 10.6. The van der Waals surface area contributed by atoms with Gasteiger partial charge in [-0.3, -0.25) is 4.79 Å². The Morgan fingerprint density at radius 3 is 2.72 bits per heavy atom. The second kappa shape index (κ2) is 7.65. The van der Waals surface area contributed by atoms with E-state index in [0.29, 0.717) is 5.56 Å². The first-order valence-electron chi connectivity index (χ1n) is 7.87. The topological polar surface area (TPSA) is 49.8 Å². The van der Waals surface area contributed by atoms with Crippen molar-refractivity contribution in [2.45, 2.75) is 25.9 Å². The van der Waals surface area contributed by atoms with Crippen molar-refractivity contribution in [2.24, 2.45) is 0 Å². The fourth-order valence-corrected chi connectivity index (χ4v) is 3.47. The third-order valence-electron chi connectivity index (χ3n) is 3.89. The van der Waals surface area contributed by atoms with Gasteiger partial charge in [0.2, 0.25) is 0 Å². The standard InChI is InChI=1S/C18H17F2NO3S/c19-13-9-12(3-4-17(22)23)10-14(20)18(13)24-11-16-15(5-8-25-16)21-6-1-2-7-21/h1,5-6,8-10H,2-4,7,11H2,(H,22,23). The van der Waals surface area contributed by atoms with Crippen molar-refractivity contribution in [3.05, 3.63) is 57.9 Å². The summed E-state index contributed by atoms with van der Waals surface area (Å²) in [7, 11) is 0. The molecule has 7 heteroatoms. The predicted octanol–water partition coefficient (Wildman–Crippen LogP) is 4.35. The van der Waals surface area contributed by atoms with E-state index in [0.717, 1.165) is 35.7 Å². The SMILES string of the molecule is O=C(O)CCc1cc(F)c(OCc2sccc2N2C=CCC2)c(F)c1. The quantitative estimate of drug-likeness (QED) is 0.793. The van der Waals surface area contributed by atoms with Crippen molar-refractivity contribution in [2.75, 3.05) is 11.4 Å². The highest BCUT2D eigenvalue weighted by atomic mass is 32.1. The Morgan fingerprint density at radius 1 is 1.32 bits per heavy atom. The van der Waals surface area contributed by atoms with Gasteiger partial charge < -0.3 is 14.7 Å². The number of carboxylic acids is 1. The molecule has 1 N–H and O–H groups in total. The maximum Gasteiger partial charge on any atom is 0.303 e. The first-order chi connectivity index (χ1) is 12.0. The lowest BCUT2D eigenvalue weighted by molar-refractivity contribution is -0.136. The van der Waals surface area contributed by atoms with Gasteiger partial charge in [0.05, 0.1) is 10.6 Å². The van der Waals surface area contributed by atoms with Gasteiger partial charge in [-0.05, 0) is 42.0 Å². The molecule has 4 nitrogen and oxygen atoms in total. The molecule has 0 atom stereocenters. The van der Waals surface area contributed by atoms with Gasteiger partial charge >= 0.3 is 5.97 Å². The van der Waals surface area contributed by atoms with Crippen LogP contribution in [0.3, 0.4) is 0 Å². The van der Waals surface area contributed by atoms with Crippen LogP contribution in [-0.4, -0.2) is 17.6 Å². The zero-order valence-corrected chi connectivity index (χ0v) is 14.2. The number of benzene rings is 1. The van der Waals surface area contributed by atoms with Crippen LogP contribution in [0.25, 0.3) is 0 Å². The number of carbonyl (C=O) groups is 1. The lowest BCUT2D eigenvalue weighted by Gasteiger charge is -2.16. The normalized spacial score (nSPS) is 13.4. The minimum Gasteiger partial charge on any atom is -0.482 e. The second-order valence-corrected chi connectivity index (χ2v) is 6.67. The van der Waals surface area contributed by atoms with E-state index in [1.54, 1.807) is 0 Å². The Hall–Kier alpha value is -2.41. The summed E-state index contributed by atoms with van der Waals surface area (Å²) in [4.78, 5) is 13.5. The monoisotopic (exact) mass is 365 g/mol. The molecule has 0 aliphatic carbocycles. The van der Waals surface area contributed by atoms with E-state index in [1.807, 2.05) is 17.6 Å². The largest absolute Gasteiger partial charge is 0.482 e. The molecule has 0 saturated carbocycles. The lowest BCUT2D eigenvalue weighted by atomic mass is 10.1. The van der Waals surface area contributed by atoms with E-state index >= 15 is 0 Å². The number of thiophene rings is 1. The summed E-state index contributed by atoms with van der Waals surface area (Å²) < 4.78 is 33.7. The van der Waals surface area contributed by atoms with Gasteiger partial charge in [-0.25, -0.2) is 8.78 Å². The Labute approximate surface area is 148 Å². The fourth-order valence-electron chi connectivity index (χ4n) is 2.67. The van der Waals surface area contributed by atoms with Gasteiger partial charge in [-0.1, -0.05) is 6.08 Å². The average Bonchev–Trinajstić information content (AvgIpc) is 3.23. The van der Waals surface area contributed by atoms with Crippen LogP contribution in [0.2, 0.25) is 0 Å². The number of ether oxygens (including phenoxy) is 1. The van der Waals surface area contributed by atoms with Gasteiger partial charge in [0.1, 0.15) is 6.61 Å². The summed E-state index contributed by atoms with van der Waals surface area (Å²) in [6.07, 6.45) is 4.92. The molecule has 3 rings (SSSR count). The molecule has 1 aromatic heterocycles. The number of halogens is 2. The van der Waals surface area contributed by atoms with Crippen LogP contribution in [0, 0.1) is 11.6 Å². The number of hydrogen-bond donors (Lipinski definition) is 1. The minimum absolute atomic E-state index is 0.0691. The Balaban J connectivity index is 1.70. The first-order valence-corrected chi connectivity index (χ1v) is 8.74. The van der Waals surface area contributed by atoms with Gasteiger partial charge in [-0.15, -0.1) is 11.3 Å². The van der Waals surface area contributed by atoms with Crippen molar-refractivity contribution in [1.82, 2.24) is 0 Å². The van der Waals surface area contributed by atoms with E-state index < -0.39 is 23.4 Å². The van der Waals surface area contributed by atoms with Crippen molar-refractivity contribution in [3.8, 4) is 5.75 Å². The molecule has 1 aliphatic rings. The molecule has 1 aromatic carbocycles. The van der Waals surface area contributed by atoms with E-state index in [-0.39, 0.29) is 19.4 Å². The molecule has 0 amide bonds. The fraction of sp³-hybridized carbons (Fsp3) is 0.278. The van der Waals surface area contributed by atoms with Crippen molar-refractivity contribution >= 4 is 23.0 Å². The van der Waals surface area contributed by atoms with Crippen LogP contribution in [0.1, 0.15) is 23.3 Å². The maximum absolute atomic E-state index is 14.1. The van der Waals surface area contributed by atoms with Crippen molar-refractivity contribution in [1.29, 1.82) is 0 Å². The molecule has 0 radical (unpaired) electrons. The Morgan fingerprint density at radius 2 is 2.08 bits per heavy atom. The van der Waals surface area contributed by atoms with Crippen LogP contribution in [0.15, 0.2) is 35.9 Å². The highest BCUT2D eigenvalue weighted by molar-refractivity contribution is 7.10. The molecule has 2 heterocycles. The smallest absolute Gasteiger partial charge is 0.303 e. The zero-order chi connectivity index (χ0) is 17.8. The highest BCUT2D eigenvalue weighted by Crippen LogP contribution is 2.31. The zero-order valence-electron chi connectivity index (χ0n) is 13.4. The molecular formula is C18H17F2NO3S. The summed E-state index contributed by atoms with van der Waals surface area (Å²) >= 11 is 1.47. The number of anilines is 1. The summed E-state index contributed by atoms with van der Waals surface area (Å²) in [6.45, 7) is 0.949. The van der Waals surface area contributed by atoms with Crippen LogP contribution in [-0.2, 0) is 17.8 Å². The number of nitrogens with zero attached hydrogens (tertiary/aromatic N) is 1. The van der Waals surface area contributed by atoms with Gasteiger partial charge in [0.15, 0.2) is 17.4 Å². The Kier molecular flexibility index (Phi) is 5.33. The van der Waals surface area contributed by atoms with Gasteiger partial charge in [-0.2, -0.15) is 0 Å². The first kappa shape index (κ1) is 17.4. The molecule has 0 bridgehead atoms. The molecule has 0 spiro atoms. The lowest BCUT2D eigenvalue weighted by Crippen LogP contribution is -2.13. The number of aliphatic carboxylic acids is 1. The molecule has 25 heavy (non-hydrogen) atoms. The molecule has 132 valence electrons. The van der Waals surface area contributed by atoms with E-state index in [9.17, 15) is 13.6 Å². The molecule has 0 unspecified atom stereocenters. The Bertz CT molecular complexity index is 780. The van der Waals surface area contributed by atoms with Crippen molar-refractivity contribution in [3.63, 3.8) is 0 Å². The molecule has 1 aliphatic heterocycles. The van der Waals surface area contributed by atoms with Gasteiger partial charge in [0.25, 0.3) is 0 Å². The second-order valence-electron chi connectivity index (χ2n) is 5.67. The van der Waals surface area contributed by atoms with E-state index in [4.69, 9.17) is 9.84 Å². The van der Waals surface area contributed by atoms with Crippen LogP contribution in [0.5, 0.6) is 5.75 Å². The van der Waals surface area contributed by atoms with Gasteiger partial charge in [0, 0.05) is 19.2 Å². The van der Waals surface area contributed by atoms with Crippen LogP contribution < -0.4 is 9.64 Å². The minimum atomic E-state index is -1.01. The average molecular weight is 365 g/mol. The van der Waals surface area contributed by atoms with Crippen LogP contribution >= 0.6 is 11.3 Å². The summed E-state index contributed by atoms with van der Waals surface area (Å²) in [5.74, 6) is -3.09. The van der Waals surface area contributed by atoms with E-state index in [1.165, 1.54) is 11.3 Å². The van der Waals surface area contributed by atoms with Crippen molar-refractivity contribution < 1.29 is 23.4 Å². The third kappa shape index (κ3) is 4.17. The number of hydrogen-bond acceptors (Lipinski definition) is 4.